The molecule has 3 heteroatoms. The third kappa shape index (κ3) is 3.28. The van der Waals surface area contributed by atoms with Crippen molar-refractivity contribution in [3.05, 3.63) is 54.4 Å². The molecule has 0 saturated carbocycles. The first-order valence-electron chi connectivity index (χ1n) is 5.63. The minimum atomic E-state index is -0.275. The number of rotatable bonds is 5. The van der Waals surface area contributed by atoms with Crippen LogP contribution in [-0.4, -0.2) is 12.3 Å². The maximum Gasteiger partial charge on any atom is 0.145 e. The number of hydrogen-bond acceptors (Lipinski definition) is 2. The Bertz CT molecular complexity index is 453. The molecule has 0 bridgehead atoms. The maximum absolute atomic E-state index is 12.9. The fourth-order valence-electron chi connectivity index (χ4n) is 1.74. The summed E-state index contributed by atoms with van der Waals surface area (Å²) in [5.41, 5.74) is 0.704. The minimum Gasteiger partial charge on any atom is -0.385 e. The van der Waals surface area contributed by atoms with Gasteiger partial charge >= 0.3 is 0 Å². The predicted octanol–water partition coefficient (Wildman–Crippen LogP) is 2.94. The number of carbonyl (C=O) groups excluding carboxylic acids is 1. The minimum absolute atomic E-state index is 0.0793. The maximum atomic E-state index is 12.9. The first-order valence-corrected chi connectivity index (χ1v) is 5.63. The Kier molecular flexibility index (Phi) is 3.70. The Morgan fingerprint density at radius 1 is 1.29 bits per heavy atom. The number of benzene rings is 1. The van der Waals surface area contributed by atoms with Gasteiger partial charge in [0.15, 0.2) is 0 Å². The van der Waals surface area contributed by atoms with Gasteiger partial charge in [-0.15, -0.1) is 0 Å². The van der Waals surface area contributed by atoms with Crippen LogP contribution in [0.5, 0.6) is 0 Å². The SMILES string of the molecule is O=C(CCNc1cccc(F)c1)C1C=CC=C1. The lowest BCUT2D eigenvalue weighted by molar-refractivity contribution is -0.120. The highest BCUT2D eigenvalue weighted by Crippen LogP contribution is 2.13. The Balaban J connectivity index is 1.78. The van der Waals surface area contributed by atoms with E-state index in [0.29, 0.717) is 18.7 Å². The summed E-state index contributed by atoms with van der Waals surface area (Å²) < 4.78 is 12.9. The summed E-state index contributed by atoms with van der Waals surface area (Å²) in [6.07, 6.45) is 7.95. The van der Waals surface area contributed by atoms with Gasteiger partial charge in [0.05, 0.1) is 5.92 Å². The average Bonchev–Trinajstić information content (AvgIpc) is 2.82. The topological polar surface area (TPSA) is 29.1 Å². The van der Waals surface area contributed by atoms with Crippen LogP contribution in [0.1, 0.15) is 6.42 Å². The van der Waals surface area contributed by atoms with E-state index >= 15 is 0 Å². The molecule has 0 heterocycles. The Labute approximate surface area is 99.8 Å². The molecule has 0 fully saturated rings. The Hall–Kier alpha value is -1.90. The summed E-state index contributed by atoms with van der Waals surface area (Å²) >= 11 is 0. The van der Waals surface area contributed by atoms with Crippen LogP contribution in [0.15, 0.2) is 48.6 Å². The van der Waals surface area contributed by atoms with Gasteiger partial charge in [0, 0.05) is 18.7 Å². The molecule has 1 aliphatic carbocycles. The number of halogens is 1. The van der Waals surface area contributed by atoms with Crippen molar-refractivity contribution in [3.63, 3.8) is 0 Å². The number of Topliss-reactive ketones (excluding diaryl/α,β-unsaturated/α-hetero) is 1. The van der Waals surface area contributed by atoms with E-state index in [1.54, 1.807) is 12.1 Å². The molecule has 1 aromatic carbocycles. The zero-order valence-electron chi connectivity index (χ0n) is 9.40. The quantitative estimate of drug-likeness (QED) is 0.844. The van der Waals surface area contributed by atoms with Gasteiger partial charge in [0.1, 0.15) is 11.6 Å². The van der Waals surface area contributed by atoms with Crippen LogP contribution in [0.2, 0.25) is 0 Å². The van der Waals surface area contributed by atoms with Crippen LogP contribution in [0.25, 0.3) is 0 Å². The van der Waals surface area contributed by atoms with E-state index in [0.717, 1.165) is 0 Å². The second-order valence-electron chi connectivity index (χ2n) is 3.95. The van der Waals surface area contributed by atoms with E-state index in [2.05, 4.69) is 5.32 Å². The molecular weight excluding hydrogens is 217 g/mol. The number of hydrogen-bond donors (Lipinski definition) is 1. The standard InChI is InChI=1S/C14H14FNO/c15-12-6-3-7-13(10-12)16-9-8-14(17)11-4-1-2-5-11/h1-7,10-11,16H,8-9H2. The lowest BCUT2D eigenvalue weighted by Crippen LogP contribution is -2.14. The van der Waals surface area contributed by atoms with Gasteiger partial charge in [-0.05, 0) is 18.2 Å². The van der Waals surface area contributed by atoms with Gasteiger partial charge in [-0.2, -0.15) is 0 Å². The van der Waals surface area contributed by atoms with Crippen molar-refractivity contribution in [1.82, 2.24) is 0 Å². The molecule has 0 aromatic heterocycles. The van der Waals surface area contributed by atoms with Crippen LogP contribution in [0.4, 0.5) is 10.1 Å². The zero-order valence-corrected chi connectivity index (χ0v) is 9.40. The van der Waals surface area contributed by atoms with Gasteiger partial charge < -0.3 is 5.32 Å². The fourth-order valence-corrected chi connectivity index (χ4v) is 1.74. The number of allylic oxidation sites excluding steroid dienone is 4. The Morgan fingerprint density at radius 2 is 2.06 bits per heavy atom. The molecular formula is C14H14FNO. The van der Waals surface area contributed by atoms with E-state index < -0.39 is 0 Å². The van der Waals surface area contributed by atoms with Crippen LogP contribution in [0, 0.1) is 11.7 Å². The van der Waals surface area contributed by atoms with Crippen LogP contribution >= 0.6 is 0 Å². The molecule has 1 aromatic rings. The van der Waals surface area contributed by atoms with Crippen LogP contribution in [-0.2, 0) is 4.79 Å². The molecule has 17 heavy (non-hydrogen) atoms. The first-order chi connectivity index (χ1) is 8.25. The molecule has 1 N–H and O–H groups in total. The molecule has 0 amide bonds. The van der Waals surface area contributed by atoms with Crippen LogP contribution < -0.4 is 5.32 Å². The molecule has 1 aliphatic rings. The van der Waals surface area contributed by atoms with Gasteiger partial charge in [0.2, 0.25) is 0 Å². The summed E-state index contributed by atoms with van der Waals surface area (Å²) in [6.45, 7) is 0.528. The highest BCUT2D eigenvalue weighted by molar-refractivity contribution is 5.85. The molecule has 2 nitrogen and oxygen atoms in total. The average molecular weight is 231 g/mol. The second kappa shape index (κ2) is 5.43. The van der Waals surface area contributed by atoms with Gasteiger partial charge in [-0.3, -0.25) is 4.79 Å². The zero-order chi connectivity index (χ0) is 12.1. The van der Waals surface area contributed by atoms with Crippen LogP contribution in [0.3, 0.4) is 0 Å². The van der Waals surface area contributed by atoms with Crippen molar-refractivity contribution in [2.24, 2.45) is 5.92 Å². The van der Waals surface area contributed by atoms with Crippen molar-refractivity contribution in [2.75, 3.05) is 11.9 Å². The van der Waals surface area contributed by atoms with E-state index in [1.807, 2.05) is 24.3 Å². The molecule has 0 saturated heterocycles. The lowest BCUT2D eigenvalue weighted by atomic mass is 10.0. The first kappa shape index (κ1) is 11.6. The van der Waals surface area contributed by atoms with Gasteiger partial charge in [0.25, 0.3) is 0 Å². The van der Waals surface area contributed by atoms with Crippen molar-refractivity contribution < 1.29 is 9.18 Å². The van der Waals surface area contributed by atoms with Gasteiger partial charge in [-0.1, -0.05) is 30.4 Å². The largest absolute Gasteiger partial charge is 0.385 e. The summed E-state index contributed by atoms with van der Waals surface area (Å²) in [4.78, 5) is 11.7. The fraction of sp³-hybridized carbons (Fsp3) is 0.214. The van der Waals surface area contributed by atoms with E-state index in [1.165, 1.54) is 12.1 Å². The third-order valence-electron chi connectivity index (χ3n) is 2.64. The summed E-state index contributed by atoms with van der Waals surface area (Å²) in [6, 6.07) is 6.23. The van der Waals surface area contributed by atoms with Crippen molar-refractivity contribution >= 4 is 11.5 Å². The Morgan fingerprint density at radius 3 is 2.76 bits per heavy atom. The molecule has 88 valence electrons. The molecule has 0 radical (unpaired) electrons. The highest BCUT2D eigenvalue weighted by Gasteiger charge is 2.13. The second-order valence-corrected chi connectivity index (χ2v) is 3.95. The normalized spacial score (nSPS) is 14.2. The third-order valence-corrected chi connectivity index (χ3v) is 2.64. The monoisotopic (exact) mass is 231 g/mol. The van der Waals surface area contributed by atoms with Crippen molar-refractivity contribution in [2.45, 2.75) is 6.42 Å². The van der Waals surface area contributed by atoms with Crippen molar-refractivity contribution in [3.8, 4) is 0 Å². The summed E-state index contributed by atoms with van der Waals surface area (Å²) in [5.74, 6) is -0.175. The number of ketones is 1. The molecule has 0 atom stereocenters. The van der Waals surface area contributed by atoms with Crippen molar-refractivity contribution in [1.29, 1.82) is 0 Å². The molecule has 0 aliphatic heterocycles. The smallest absolute Gasteiger partial charge is 0.145 e. The highest BCUT2D eigenvalue weighted by atomic mass is 19.1. The number of carbonyl (C=O) groups is 1. The summed E-state index contributed by atoms with van der Waals surface area (Å²) in [7, 11) is 0. The molecule has 0 spiro atoms. The summed E-state index contributed by atoms with van der Waals surface area (Å²) in [5, 5.41) is 3.03. The molecule has 2 rings (SSSR count). The number of anilines is 1. The molecule has 0 unspecified atom stereocenters. The lowest BCUT2D eigenvalue weighted by Gasteiger charge is -2.07. The van der Waals surface area contributed by atoms with E-state index in [9.17, 15) is 9.18 Å². The van der Waals surface area contributed by atoms with E-state index in [-0.39, 0.29) is 17.5 Å². The van der Waals surface area contributed by atoms with Gasteiger partial charge in [-0.25, -0.2) is 4.39 Å². The number of nitrogens with one attached hydrogen (secondary N) is 1. The predicted molar refractivity (Wildman–Crippen MR) is 66.3 cm³/mol. The van der Waals surface area contributed by atoms with E-state index in [4.69, 9.17) is 0 Å².